The van der Waals surface area contributed by atoms with Crippen molar-refractivity contribution in [2.45, 2.75) is 59.0 Å². The highest BCUT2D eigenvalue weighted by Crippen LogP contribution is 2.11. The maximum absolute atomic E-state index is 9.75. The van der Waals surface area contributed by atoms with Crippen LogP contribution in [0.4, 0.5) is 0 Å². The Hall–Kier alpha value is -0.120. The third kappa shape index (κ3) is 8.61. The topological polar surface area (TPSA) is 26.7 Å². The molecule has 0 spiro atoms. The first kappa shape index (κ1) is 16.9. The molecule has 3 nitrogen and oxygen atoms in total. The predicted octanol–water partition coefficient (Wildman–Crippen LogP) is 2.59. The van der Waals surface area contributed by atoms with Gasteiger partial charge in [-0.15, -0.1) is 0 Å². The summed E-state index contributed by atoms with van der Waals surface area (Å²) in [6, 6.07) is 0. The third-order valence-corrected chi connectivity index (χ3v) is 4.01. The van der Waals surface area contributed by atoms with Crippen molar-refractivity contribution in [1.82, 2.24) is 9.80 Å². The smallest absolute Gasteiger partial charge is 0.0603 e. The lowest BCUT2D eigenvalue weighted by molar-refractivity contribution is 0.0473. The average molecular weight is 270 g/mol. The number of hydrogen-bond donors (Lipinski definition) is 1. The van der Waals surface area contributed by atoms with Crippen LogP contribution in [0.3, 0.4) is 0 Å². The normalized spacial score (nSPS) is 19.3. The van der Waals surface area contributed by atoms with Crippen molar-refractivity contribution in [2.24, 2.45) is 5.92 Å². The van der Waals surface area contributed by atoms with Crippen molar-refractivity contribution >= 4 is 0 Å². The fraction of sp³-hybridized carbons (Fsp3) is 1.00. The Morgan fingerprint density at radius 1 is 0.947 bits per heavy atom. The Morgan fingerprint density at radius 3 is 1.95 bits per heavy atom. The van der Waals surface area contributed by atoms with Crippen LogP contribution in [0, 0.1) is 5.92 Å². The molecule has 114 valence electrons. The first-order valence-corrected chi connectivity index (χ1v) is 8.04. The fourth-order valence-corrected chi connectivity index (χ4v) is 2.56. The van der Waals surface area contributed by atoms with Gasteiger partial charge in [-0.1, -0.05) is 26.7 Å². The van der Waals surface area contributed by atoms with Gasteiger partial charge in [0.25, 0.3) is 0 Å². The van der Waals surface area contributed by atoms with E-state index in [1.807, 2.05) is 13.8 Å². The highest BCUT2D eigenvalue weighted by Gasteiger charge is 2.19. The van der Waals surface area contributed by atoms with Crippen molar-refractivity contribution in [2.75, 3.05) is 39.3 Å². The molecule has 1 N–H and O–H groups in total. The molecule has 19 heavy (non-hydrogen) atoms. The number of unbranched alkanes of at least 4 members (excludes halogenated alkanes) is 1. The molecule has 1 rings (SSSR count). The summed E-state index contributed by atoms with van der Waals surface area (Å²) < 4.78 is 0. The summed E-state index contributed by atoms with van der Waals surface area (Å²) in [4.78, 5) is 5.09. The van der Waals surface area contributed by atoms with Gasteiger partial charge in [-0.05, 0) is 39.2 Å². The minimum absolute atomic E-state index is 0.520. The number of rotatable bonds is 8. The van der Waals surface area contributed by atoms with Crippen LogP contribution in [0.1, 0.15) is 53.4 Å². The standard InChI is InChI=1S/C16H34N2O/c1-15(2)7-5-6-9-17-11-13-18(14-12-17)10-8-16(3,4)19/h15,19H,5-14H2,1-4H3. The fourth-order valence-electron chi connectivity index (χ4n) is 2.56. The predicted molar refractivity (Wildman–Crippen MR) is 82.5 cm³/mol. The second-order valence-electron chi connectivity index (χ2n) is 7.14. The van der Waals surface area contributed by atoms with Crippen molar-refractivity contribution < 1.29 is 5.11 Å². The van der Waals surface area contributed by atoms with Gasteiger partial charge < -0.3 is 14.9 Å². The summed E-state index contributed by atoms with van der Waals surface area (Å²) in [6.45, 7) is 15.5. The van der Waals surface area contributed by atoms with Crippen LogP contribution in [-0.4, -0.2) is 59.8 Å². The average Bonchev–Trinajstić information content (AvgIpc) is 2.32. The molecule has 1 aliphatic heterocycles. The SMILES string of the molecule is CC(C)CCCCN1CCN(CCC(C)(C)O)CC1. The zero-order valence-corrected chi connectivity index (χ0v) is 13.5. The van der Waals surface area contributed by atoms with E-state index in [-0.39, 0.29) is 0 Å². The molecule has 1 saturated heterocycles. The van der Waals surface area contributed by atoms with Gasteiger partial charge in [0, 0.05) is 32.7 Å². The summed E-state index contributed by atoms with van der Waals surface area (Å²) in [7, 11) is 0. The van der Waals surface area contributed by atoms with E-state index in [1.54, 1.807) is 0 Å². The van der Waals surface area contributed by atoms with Crippen LogP contribution in [0.5, 0.6) is 0 Å². The lowest BCUT2D eigenvalue weighted by Gasteiger charge is -2.35. The van der Waals surface area contributed by atoms with Crippen molar-refractivity contribution in [3.63, 3.8) is 0 Å². The Bertz CT molecular complexity index is 227. The van der Waals surface area contributed by atoms with Gasteiger partial charge in [-0.25, -0.2) is 0 Å². The Balaban J connectivity index is 2.05. The van der Waals surface area contributed by atoms with Crippen molar-refractivity contribution in [1.29, 1.82) is 0 Å². The number of nitrogens with zero attached hydrogens (tertiary/aromatic N) is 2. The molecule has 0 unspecified atom stereocenters. The largest absolute Gasteiger partial charge is 0.390 e. The minimum atomic E-state index is -0.520. The van der Waals surface area contributed by atoms with Gasteiger partial charge >= 0.3 is 0 Å². The summed E-state index contributed by atoms with van der Waals surface area (Å²) in [5.74, 6) is 0.846. The molecule has 0 aromatic carbocycles. The highest BCUT2D eigenvalue weighted by molar-refractivity contribution is 4.75. The molecular weight excluding hydrogens is 236 g/mol. The molecular formula is C16H34N2O. The number of aliphatic hydroxyl groups is 1. The molecule has 0 bridgehead atoms. The molecule has 0 aromatic rings. The van der Waals surface area contributed by atoms with E-state index < -0.39 is 5.60 Å². The molecule has 1 fully saturated rings. The summed E-state index contributed by atoms with van der Waals surface area (Å²) in [5.41, 5.74) is -0.520. The third-order valence-electron chi connectivity index (χ3n) is 4.01. The first-order chi connectivity index (χ1) is 8.87. The van der Waals surface area contributed by atoms with Crippen LogP contribution in [0.15, 0.2) is 0 Å². The summed E-state index contributed by atoms with van der Waals surface area (Å²) in [5, 5.41) is 9.75. The Kier molecular flexibility index (Phi) is 7.33. The Labute approximate surface area is 120 Å². The molecule has 0 saturated carbocycles. The summed E-state index contributed by atoms with van der Waals surface area (Å²) in [6.07, 6.45) is 4.96. The van der Waals surface area contributed by atoms with Crippen LogP contribution >= 0.6 is 0 Å². The molecule has 0 aliphatic carbocycles. The molecule has 0 atom stereocenters. The zero-order valence-electron chi connectivity index (χ0n) is 13.5. The Morgan fingerprint density at radius 2 is 1.47 bits per heavy atom. The van der Waals surface area contributed by atoms with E-state index in [1.165, 1.54) is 52.0 Å². The molecule has 1 heterocycles. The maximum Gasteiger partial charge on any atom is 0.0603 e. The van der Waals surface area contributed by atoms with Crippen LogP contribution in [0.25, 0.3) is 0 Å². The van der Waals surface area contributed by atoms with Gasteiger partial charge in [-0.2, -0.15) is 0 Å². The van der Waals surface area contributed by atoms with Crippen molar-refractivity contribution in [3.8, 4) is 0 Å². The second kappa shape index (κ2) is 8.23. The molecule has 0 amide bonds. The van der Waals surface area contributed by atoms with E-state index in [0.29, 0.717) is 0 Å². The van der Waals surface area contributed by atoms with Crippen molar-refractivity contribution in [3.05, 3.63) is 0 Å². The molecule has 3 heteroatoms. The van der Waals surface area contributed by atoms with Gasteiger partial charge in [0.05, 0.1) is 5.60 Å². The van der Waals surface area contributed by atoms with E-state index >= 15 is 0 Å². The number of piperazine rings is 1. The van der Waals surface area contributed by atoms with Crippen LogP contribution in [-0.2, 0) is 0 Å². The highest BCUT2D eigenvalue weighted by atomic mass is 16.3. The van der Waals surface area contributed by atoms with E-state index in [4.69, 9.17) is 0 Å². The second-order valence-corrected chi connectivity index (χ2v) is 7.14. The number of hydrogen-bond acceptors (Lipinski definition) is 3. The lowest BCUT2D eigenvalue weighted by atomic mass is 10.1. The molecule has 0 radical (unpaired) electrons. The van der Waals surface area contributed by atoms with E-state index in [2.05, 4.69) is 23.6 Å². The first-order valence-electron chi connectivity index (χ1n) is 8.04. The molecule has 1 aliphatic rings. The minimum Gasteiger partial charge on any atom is -0.390 e. The van der Waals surface area contributed by atoms with Crippen LogP contribution < -0.4 is 0 Å². The van der Waals surface area contributed by atoms with Gasteiger partial charge in [-0.3, -0.25) is 0 Å². The molecule has 0 aromatic heterocycles. The lowest BCUT2D eigenvalue weighted by Crippen LogP contribution is -2.47. The van der Waals surface area contributed by atoms with E-state index in [9.17, 15) is 5.11 Å². The summed E-state index contributed by atoms with van der Waals surface area (Å²) >= 11 is 0. The van der Waals surface area contributed by atoms with Gasteiger partial charge in [0.1, 0.15) is 0 Å². The van der Waals surface area contributed by atoms with Gasteiger partial charge in [0.2, 0.25) is 0 Å². The van der Waals surface area contributed by atoms with Gasteiger partial charge in [0.15, 0.2) is 0 Å². The monoisotopic (exact) mass is 270 g/mol. The quantitative estimate of drug-likeness (QED) is 0.687. The van der Waals surface area contributed by atoms with Crippen LogP contribution in [0.2, 0.25) is 0 Å². The zero-order chi connectivity index (χ0) is 14.3. The van der Waals surface area contributed by atoms with E-state index in [0.717, 1.165) is 18.9 Å². The maximum atomic E-state index is 9.75.